The molecular formula is C14H14N2OS. The van der Waals surface area contributed by atoms with Crippen LogP contribution in [-0.4, -0.2) is 22.3 Å². The summed E-state index contributed by atoms with van der Waals surface area (Å²) in [5.41, 5.74) is 2.17. The van der Waals surface area contributed by atoms with Crippen molar-refractivity contribution in [3.8, 4) is 17.3 Å². The summed E-state index contributed by atoms with van der Waals surface area (Å²) in [5.74, 6) is 1.46. The summed E-state index contributed by atoms with van der Waals surface area (Å²) in [5, 5.41) is 1.61. The second-order valence-electron chi connectivity index (χ2n) is 4.34. The van der Waals surface area contributed by atoms with Crippen molar-refractivity contribution in [3.05, 3.63) is 35.9 Å². The number of aromatic nitrogens is 2. The van der Waals surface area contributed by atoms with E-state index in [1.807, 2.05) is 30.3 Å². The van der Waals surface area contributed by atoms with Gasteiger partial charge in [0.25, 0.3) is 0 Å². The van der Waals surface area contributed by atoms with Crippen LogP contribution < -0.4 is 4.74 Å². The van der Waals surface area contributed by atoms with Gasteiger partial charge in [-0.2, -0.15) is 4.98 Å². The standard InChI is InChI=1S/C14H14N2OS/c1-9-8-11-13(17-2)15-12(16-14(11)18-9)10-6-4-3-5-7-10/h3-7,9H,8H2,1-2H3. The quantitative estimate of drug-likeness (QED) is 0.775. The van der Waals surface area contributed by atoms with Crippen molar-refractivity contribution in [2.24, 2.45) is 0 Å². The van der Waals surface area contributed by atoms with E-state index >= 15 is 0 Å². The molecule has 0 amide bonds. The van der Waals surface area contributed by atoms with Gasteiger partial charge in [0.1, 0.15) is 5.03 Å². The summed E-state index contributed by atoms with van der Waals surface area (Å²) >= 11 is 1.80. The SMILES string of the molecule is COc1nc(-c2ccccc2)nc2c1CC(C)S2. The minimum atomic E-state index is 0.550. The van der Waals surface area contributed by atoms with Gasteiger partial charge in [0.2, 0.25) is 5.88 Å². The van der Waals surface area contributed by atoms with Crippen LogP contribution in [0.25, 0.3) is 11.4 Å². The molecule has 0 aliphatic carbocycles. The Morgan fingerprint density at radius 3 is 2.72 bits per heavy atom. The number of rotatable bonds is 2. The van der Waals surface area contributed by atoms with Crippen LogP contribution in [0.1, 0.15) is 12.5 Å². The summed E-state index contributed by atoms with van der Waals surface area (Å²) in [6, 6.07) is 10.0. The lowest BCUT2D eigenvalue weighted by Crippen LogP contribution is -2.00. The van der Waals surface area contributed by atoms with Gasteiger partial charge in [-0.25, -0.2) is 4.98 Å². The molecule has 0 fully saturated rings. The van der Waals surface area contributed by atoms with Crippen LogP contribution in [0, 0.1) is 0 Å². The van der Waals surface area contributed by atoms with Crippen molar-refractivity contribution < 1.29 is 4.74 Å². The molecule has 4 heteroatoms. The predicted octanol–water partition coefficient (Wildman–Crippen LogP) is 3.19. The lowest BCUT2D eigenvalue weighted by atomic mass is 10.1. The molecule has 0 radical (unpaired) electrons. The number of ether oxygens (including phenoxy) is 1. The van der Waals surface area contributed by atoms with Crippen LogP contribution >= 0.6 is 11.8 Å². The highest BCUT2D eigenvalue weighted by Crippen LogP contribution is 2.40. The molecule has 2 aromatic rings. The summed E-state index contributed by atoms with van der Waals surface area (Å²) in [6.07, 6.45) is 0.984. The van der Waals surface area contributed by atoms with Crippen molar-refractivity contribution in [3.63, 3.8) is 0 Å². The fourth-order valence-corrected chi connectivity index (χ4v) is 3.20. The average molecular weight is 258 g/mol. The highest BCUT2D eigenvalue weighted by atomic mass is 32.2. The molecule has 1 aliphatic heterocycles. The molecule has 92 valence electrons. The fourth-order valence-electron chi connectivity index (χ4n) is 2.12. The molecule has 0 N–H and O–H groups in total. The van der Waals surface area contributed by atoms with Crippen molar-refractivity contribution in [1.29, 1.82) is 0 Å². The molecule has 18 heavy (non-hydrogen) atoms. The Morgan fingerprint density at radius 2 is 2.00 bits per heavy atom. The first-order valence-electron chi connectivity index (χ1n) is 5.95. The monoisotopic (exact) mass is 258 g/mol. The Morgan fingerprint density at radius 1 is 1.22 bits per heavy atom. The lowest BCUT2D eigenvalue weighted by molar-refractivity contribution is 0.390. The Kier molecular flexibility index (Phi) is 2.96. The molecule has 0 bridgehead atoms. The van der Waals surface area contributed by atoms with E-state index in [1.165, 1.54) is 0 Å². The van der Waals surface area contributed by atoms with Crippen LogP contribution in [0.3, 0.4) is 0 Å². The van der Waals surface area contributed by atoms with Crippen LogP contribution in [0.4, 0.5) is 0 Å². The molecule has 3 nitrogen and oxygen atoms in total. The van der Waals surface area contributed by atoms with Crippen LogP contribution in [0.5, 0.6) is 5.88 Å². The molecule has 1 atom stereocenters. The first-order valence-corrected chi connectivity index (χ1v) is 6.83. The Hall–Kier alpha value is -1.55. The Bertz CT molecular complexity index is 572. The first-order chi connectivity index (χ1) is 8.78. The third kappa shape index (κ3) is 1.97. The lowest BCUT2D eigenvalue weighted by Gasteiger charge is -2.07. The maximum Gasteiger partial charge on any atom is 0.221 e. The number of methoxy groups -OCH3 is 1. The van der Waals surface area contributed by atoms with E-state index in [2.05, 4.69) is 16.9 Å². The van der Waals surface area contributed by atoms with Gasteiger partial charge in [0.15, 0.2) is 5.82 Å². The molecule has 2 heterocycles. The van der Waals surface area contributed by atoms with Gasteiger partial charge in [-0.3, -0.25) is 0 Å². The summed E-state index contributed by atoms with van der Waals surface area (Å²) < 4.78 is 5.40. The zero-order valence-electron chi connectivity index (χ0n) is 10.4. The van der Waals surface area contributed by atoms with Crippen LogP contribution in [0.2, 0.25) is 0 Å². The van der Waals surface area contributed by atoms with Crippen molar-refractivity contribution in [2.45, 2.75) is 23.6 Å². The topological polar surface area (TPSA) is 35.0 Å². The van der Waals surface area contributed by atoms with Crippen LogP contribution in [0.15, 0.2) is 35.4 Å². The summed E-state index contributed by atoms with van der Waals surface area (Å²) in [6.45, 7) is 2.20. The number of thioether (sulfide) groups is 1. The second kappa shape index (κ2) is 4.61. The number of fused-ring (bicyclic) bond motifs is 1. The molecule has 0 spiro atoms. The number of nitrogens with zero attached hydrogens (tertiary/aromatic N) is 2. The van der Waals surface area contributed by atoms with Crippen LogP contribution in [-0.2, 0) is 6.42 Å². The molecule has 1 unspecified atom stereocenters. The molecular weight excluding hydrogens is 244 g/mol. The Labute approximate surface area is 111 Å². The highest BCUT2D eigenvalue weighted by Gasteiger charge is 2.25. The zero-order valence-corrected chi connectivity index (χ0v) is 11.2. The largest absolute Gasteiger partial charge is 0.481 e. The van der Waals surface area contributed by atoms with Crippen molar-refractivity contribution >= 4 is 11.8 Å². The molecule has 1 aliphatic rings. The molecule has 0 saturated heterocycles. The highest BCUT2D eigenvalue weighted by molar-refractivity contribution is 8.00. The minimum Gasteiger partial charge on any atom is -0.481 e. The van der Waals surface area contributed by atoms with E-state index in [-0.39, 0.29) is 0 Å². The number of hydrogen-bond donors (Lipinski definition) is 0. The molecule has 1 aromatic carbocycles. The van der Waals surface area contributed by atoms with Crippen molar-refractivity contribution in [1.82, 2.24) is 9.97 Å². The fraction of sp³-hybridized carbons (Fsp3) is 0.286. The molecule has 0 saturated carbocycles. The third-order valence-electron chi connectivity index (χ3n) is 2.96. The number of hydrogen-bond acceptors (Lipinski definition) is 4. The number of benzene rings is 1. The van der Waals surface area contributed by atoms with E-state index in [9.17, 15) is 0 Å². The molecule has 3 rings (SSSR count). The van der Waals surface area contributed by atoms with Crippen molar-refractivity contribution in [2.75, 3.05) is 7.11 Å². The van der Waals surface area contributed by atoms with Gasteiger partial charge in [-0.1, -0.05) is 37.3 Å². The van der Waals surface area contributed by atoms with Gasteiger partial charge in [0.05, 0.1) is 7.11 Å². The predicted molar refractivity (Wildman–Crippen MR) is 73.0 cm³/mol. The second-order valence-corrected chi connectivity index (χ2v) is 5.77. The van der Waals surface area contributed by atoms with Gasteiger partial charge in [0, 0.05) is 16.4 Å². The third-order valence-corrected chi connectivity index (χ3v) is 4.09. The van der Waals surface area contributed by atoms with Gasteiger partial charge in [-0.05, 0) is 6.42 Å². The normalized spacial score (nSPS) is 17.6. The zero-order chi connectivity index (χ0) is 12.5. The maximum atomic E-state index is 5.40. The summed E-state index contributed by atoms with van der Waals surface area (Å²) in [4.78, 5) is 9.18. The van der Waals surface area contributed by atoms with Gasteiger partial charge < -0.3 is 4.74 Å². The smallest absolute Gasteiger partial charge is 0.221 e. The van der Waals surface area contributed by atoms with E-state index in [4.69, 9.17) is 4.74 Å². The van der Waals surface area contributed by atoms with E-state index in [0.29, 0.717) is 5.25 Å². The van der Waals surface area contributed by atoms with E-state index in [0.717, 1.165) is 34.3 Å². The summed E-state index contributed by atoms with van der Waals surface area (Å²) in [7, 11) is 1.67. The molecule has 1 aromatic heterocycles. The first kappa shape index (κ1) is 11.5. The van der Waals surface area contributed by atoms with Gasteiger partial charge >= 0.3 is 0 Å². The Balaban J connectivity index is 2.11. The maximum absolute atomic E-state index is 5.40. The van der Waals surface area contributed by atoms with E-state index < -0.39 is 0 Å². The van der Waals surface area contributed by atoms with Gasteiger partial charge in [-0.15, -0.1) is 11.8 Å². The van der Waals surface area contributed by atoms with E-state index in [1.54, 1.807) is 18.9 Å². The minimum absolute atomic E-state index is 0.550. The average Bonchev–Trinajstić information content (AvgIpc) is 2.78.